The molecule has 0 aromatic heterocycles. The van der Waals surface area contributed by atoms with Crippen LogP contribution in [0.1, 0.15) is 29.3 Å². The largest absolute Gasteiger partial charge is 0.493 e. The van der Waals surface area contributed by atoms with E-state index in [0.717, 1.165) is 5.56 Å². The van der Waals surface area contributed by atoms with Gasteiger partial charge in [0.1, 0.15) is 0 Å². The summed E-state index contributed by atoms with van der Waals surface area (Å²) >= 11 is 0. The lowest BCUT2D eigenvalue weighted by molar-refractivity contribution is -0.143. The fourth-order valence-electron chi connectivity index (χ4n) is 2.90. The first-order valence-corrected chi connectivity index (χ1v) is 9.32. The molecule has 29 heavy (non-hydrogen) atoms. The molecule has 2 aromatic rings. The molecule has 0 aliphatic carbocycles. The Kier molecular flexibility index (Phi) is 8.33. The highest BCUT2D eigenvalue weighted by Gasteiger charge is 2.22. The van der Waals surface area contributed by atoms with Crippen LogP contribution in [-0.4, -0.2) is 51.3 Å². The summed E-state index contributed by atoms with van der Waals surface area (Å²) in [7, 11) is 4.49. The molecule has 0 radical (unpaired) electrons. The number of esters is 1. The van der Waals surface area contributed by atoms with Gasteiger partial charge in [-0.05, 0) is 24.6 Å². The zero-order chi connectivity index (χ0) is 21.2. The van der Waals surface area contributed by atoms with Crippen LogP contribution < -0.4 is 14.2 Å². The molecule has 0 N–H and O–H groups in total. The Balaban J connectivity index is 2.33. The van der Waals surface area contributed by atoms with Crippen LogP contribution in [0.5, 0.6) is 17.2 Å². The molecule has 0 aliphatic heterocycles. The summed E-state index contributed by atoms with van der Waals surface area (Å²) in [5, 5.41) is 0. The van der Waals surface area contributed by atoms with Crippen molar-refractivity contribution in [2.75, 3.05) is 34.5 Å². The van der Waals surface area contributed by atoms with Crippen LogP contribution in [0.25, 0.3) is 0 Å². The number of hydrogen-bond donors (Lipinski definition) is 0. The monoisotopic (exact) mass is 401 g/mol. The normalized spacial score (nSPS) is 10.2. The number of hydrogen-bond acceptors (Lipinski definition) is 6. The molecule has 2 aromatic carbocycles. The molecule has 7 heteroatoms. The van der Waals surface area contributed by atoms with Crippen LogP contribution in [0.4, 0.5) is 0 Å². The molecule has 2 rings (SSSR count). The summed E-state index contributed by atoms with van der Waals surface area (Å²) in [6.07, 6.45) is 0.108. The van der Waals surface area contributed by atoms with Gasteiger partial charge in [0.05, 0.1) is 34.4 Å². The van der Waals surface area contributed by atoms with E-state index in [-0.39, 0.29) is 24.8 Å². The van der Waals surface area contributed by atoms with Crippen LogP contribution >= 0.6 is 0 Å². The third-order valence-electron chi connectivity index (χ3n) is 4.31. The molecule has 0 bridgehead atoms. The quantitative estimate of drug-likeness (QED) is 0.569. The summed E-state index contributed by atoms with van der Waals surface area (Å²) in [5.41, 5.74) is 1.33. The van der Waals surface area contributed by atoms with Gasteiger partial charge in [0.2, 0.25) is 5.75 Å². The Bertz CT molecular complexity index is 796. The highest BCUT2D eigenvalue weighted by atomic mass is 16.5. The van der Waals surface area contributed by atoms with Crippen molar-refractivity contribution in [2.45, 2.75) is 19.9 Å². The predicted molar refractivity (Wildman–Crippen MR) is 109 cm³/mol. The van der Waals surface area contributed by atoms with E-state index < -0.39 is 0 Å². The molecule has 1 amide bonds. The van der Waals surface area contributed by atoms with Gasteiger partial charge in [0.15, 0.2) is 11.5 Å². The van der Waals surface area contributed by atoms with Gasteiger partial charge in [0.25, 0.3) is 5.91 Å². The second-order valence-electron chi connectivity index (χ2n) is 6.18. The Labute approximate surface area is 171 Å². The summed E-state index contributed by atoms with van der Waals surface area (Å²) in [5.74, 6) is 0.592. The van der Waals surface area contributed by atoms with Gasteiger partial charge in [-0.1, -0.05) is 30.3 Å². The Morgan fingerprint density at radius 3 is 2.07 bits per heavy atom. The molecule has 0 unspecified atom stereocenters. The average molecular weight is 401 g/mol. The average Bonchev–Trinajstić information content (AvgIpc) is 2.75. The molecule has 7 nitrogen and oxygen atoms in total. The Morgan fingerprint density at radius 2 is 1.55 bits per heavy atom. The SMILES string of the molecule is CCOC(=O)CCN(Cc1ccccc1)C(=O)c1cc(OC)c(OC)c(OC)c1. The fraction of sp³-hybridized carbons (Fsp3) is 0.364. The minimum Gasteiger partial charge on any atom is -0.493 e. The van der Waals surface area contributed by atoms with Crippen molar-refractivity contribution in [3.63, 3.8) is 0 Å². The number of methoxy groups -OCH3 is 3. The minimum atomic E-state index is -0.344. The lowest BCUT2D eigenvalue weighted by Crippen LogP contribution is -2.33. The summed E-state index contributed by atoms with van der Waals surface area (Å²) in [4.78, 5) is 26.7. The maximum absolute atomic E-state index is 13.3. The van der Waals surface area contributed by atoms with Gasteiger partial charge < -0.3 is 23.8 Å². The highest BCUT2D eigenvalue weighted by Crippen LogP contribution is 2.38. The number of nitrogens with zero attached hydrogens (tertiary/aromatic N) is 1. The van der Waals surface area contributed by atoms with Crippen LogP contribution in [0, 0.1) is 0 Å². The maximum Gasteiger partial charge on any atom is 0.307 e. The molecule has 0 saturated carbocycles. The molecule has 0 atom stereocenters. The molecular formula is C22H27NO6. The van der Waals surface area contributed by atoms with E-state index in [4.69, 9.17) is 18.9 Å². The Morgan fingerprint density at radius 1 is 0.931 bits per heavy atom. The molecule has 156 valence electrons. The van der Waals surface area contributed by atoms with Crippen molar-refractivity contribution in [3.8, 4) is 17.2 Å². The van der Waals surface area contributed by atoms with Crippen molar-refractivity contribution in [1.29, 1.82) is 0 Å². The molecule has 0 aliphatic rings. The summed E-state index contributed by atoms with van der Waals surface area (Å²) in [6.45, 7) is 2.64. The van der Waals surface area contributed by atoms with Crippen LogP contribution in [0.15, 0.2) is 42.5 Å². The van der Waals surface area contributed by atoms with Crippen LogP contribution in [0.2, 0.25) is 0 Å². The maximum atomic E-state index is 13.3. The second kappa shape index (κ2) is 10.9. The molecule has 0 saturated heterocycles. The first-order valence-electron chi connectivity index (χ1n) is 9.32. The van der Waals surface area contributed by atoms with Crippen molar-refractivity contribution >= 4 is 11.9 Å². The number of amides is 1. The molecular weight excluding hydrogens is 374 g/mol. The predicted octanol–water partition coefficient (Wildman–Crippen LogP) is 3.31. The van der Waals surface area contributed by atoms with E-state index in [1.807, 2.05) is 30.3 Å². The van der Waals surface area contributed by atoms with E-state index in [0.29, 0.717) is 36.0 Å². The third-order valence-corrected chi connectivity index (χ3v) is 4.31. The van der Waals surface area contributed by atoms with Gasteiger partial charge in [-0.2, -0.15) is 0 Å². The third kappa shape index (κ3) is 5.88. The number of carbonyl (C=O) groups excluding carboxylic acids is 2. The zero-order valence-electron chi connectivity index (χ0n) is 17.3. The van der Waals surface area contributed by atoms with Crippen molar-refractivity contribution < 1.29 is 28.5 Å². The van der Waals surface area contributed by atoms with Gasteiger partial charge in [-0.15, -0.1) is 0 Å². The van der Waals surface area contributed by atoms with Crippen molar-refractivity contribution in [2.24, 2.45) is 0 Å². The van der Waals surface area contributed by atoms with E-state index in [1.165, 1.54) is 21.3 Å². The molecule has 0 spiro atoms. The van der Waals surface area contributed by atoms with Gasteiger partial charge >= 0.3 is 5.97 Å². The minimum absolute atomic E-state index is 0.108. The lowest BCUT2D eigenvalue weighted by Gasteiger charge is -2.23. The summed E-state index contributed by atoms with van der Waals surface area (Å²) < 4.78 is 21.0. The number of rotatable bonds is 10. The zero-order valence-corrected chi connectivity index (χ0v) is 17.3. The van der Waals surface area contributed by atoms with Gasteiger partial charge in [-0.25, -0.2) is 0 Å². The van der Waals surface area contributed by atoms with E-state index >= 15 is 0 Å². The summed E-state index contributed by atoms with van der Waals surface area (Å²) in [6, 6.07) is 12.8. The number of carbonyl (C=O) groups is 2. The van der Waals surface area contributed by atoms with Crippen LogP contribution in [0.3, 0.4) is 0 Å². The van der Waals surface area contributed by atoms with E-state index in [2.05, 4.69) is 0 Å². The lowest BCUT2D eigenvalue weighted by atomic mass is 10.1. The molecule has 0 fully saturated rings. The number of benzene rings is 2. The second-order valence-corrected chi connectivity index (χ2v) is 6.18. The van der Waals surface area contributed by atoms with Crippen LogP contribution in [-0.2, 0) is 16.1 Å². The molecule has 0 heterocycles. The van der Waals surface area contributed by atoms with E-state index in [9.17, 15) is 9.59 Å². The highest BCUT2D eigenvalue weighted by molar-refractivity contribution is 5.96. The number of ether oxygens (including phenoxy) is 4. The smallest absolute Gasteiger partial charge is 0.307 e. The first-order chi connectivity index (χ1) is 14.0. The van der Waals surface area contributed by atoms with Gasteiger partial charge in [-0.3, -0.25) is 9.59 Å². The van der Waals surface area contributed by atoms with E-state index in [1.54, 1.807) is 24.0 Å². The van der Waals surface area contributed by atoms with Crippen molar-refractivity contribution in [1.82, 2.24) is 4.90 Å². The van der Waals surface area contributed by atoms with Crippen molar-refractivity contribution in [3.05, 3.63) is 53.6 Å². The van der Waals surface area contributed by atoms with Gasteiger partial charge in [0, 0.05) is 18.7 Å². The fourth-order valence-corrected chi connectivity index (χ4v) is 2.90. The standard InChI is InChI=1S/C22H27NO6/c1-5-29-20(24)11-12-23(15-16-9-7-6-8-10-16)22(25)17-13-18(26-2)21(28-4)19(14-17)27-3/h6-10,13-14H,5,11-12,15H2,1-4H3. The first kappa shape index (κ1) is 22.1. The topological polar surface area (TPSA) is 74.3 Å². The Hall–Kier alpha value is -3.22.